The van der Waals surface area contributed by atoms with Crippen LogP contribution in [-0.2, 0) is 4.79 Å². The molecular weight excluding hydrogens is 184 g/mol. The summed E-state index contributed by atoms with van der Waals surface area (Å²) in [5, 5.41) is 8.38. The number of hydrogen-bond acceptors (Lipinski definition) is 1. The topological polar surface area (TPSA) is 37.3 Å². The molecule has 54 valence electrons. The summed E-state index contributed by atoms with van der Waals surface area (Å²) in [6.45, 7) is 3.99. The molecule has 0 bridgehead atoms. The minimum absolute atomic E-state index is 0.377. The molecule has 0 aromatic rings. The Kier molecular flexibility index (Phi) is 3.86. The van der Waals surface area contributed by atoms with Gasteiger partial charge in [-0.3, -0.25) is 4.79 Å². The Labute approximate surface area is 63.4 Å². The lowest BCUT2D eigenvalue weighted by Gasteiger charge is -2.05. The van der Waals surface area contributed by atoms with E-state index in [9.17, 15) is 4.79 Å². The van der Waals surface area contributed by atoms with Crippen LogP contribution in [0, 0.1) is 5.92 Å². The van der Waals surface area contributed by atoms with Crippen LogP contribution in [0.3, 0.4) is 0 Å². The third-order valence-electron chi connectivity index (χ3n) is 0.946. The standard InChI is InChI=1S/C6H11BrO2/c1-4(2)3-5(7)6(8)9/h4-5H,3H2,1-2H3,(H,8,9). The van der Waals surface area contributed by atoms with Gasteiger partial charge in [0.15, 0.2) is 0 Å². The molecule has 0 amide bonds. The normalized spacial score (nSPS) is 13.8. The lowest BCUT2D eigenvalue weighted by molar-refractivity contribution is -0.136. The average molecular weight is 195 g/mol. The quantitative estimate of drug-likeness (QED) is 0.698. The van der Waals surface area contributed by atoms with Crippen molar-refractivity contribution in [3.8, 4) is 0 Å². The highest BCUT2D eigenvalue weighted by molar-refractivity contribution is 9.10. The Morgan fingerprint density at radius 3 is 2.22 bits per heavy atom. The molecule has 1 atom stereocenters. The van der Waals surface area contributed by atoms with Gasteiger partial charge in [-0.2, -0.15) is 0 Å². The minimum Gasteiger partial charge on any atom is -0.480 e. The molecule has 0 saturated carbocycles. The van der Waals surface area contributed by atoms with E-state index >= 15 is 0 Å². The number of carbonyl (C=O) groups is 1. The molecule has 0 aromatic heterocycles. The highest BCUT2D eigenvalue weighted by Gasteiger charge is 2.13. The van der Waals surface area contributed by atoms with E-state index in [1.165, 1.54) is 0 Å². The summed E-state index contributed by atoms with van der Waals surface area (Å²) in [5.41, 5.74) is 0. The fourth-order valence-electron chi connectivity index (χ4n) is 0.515. The van der Waals surface area contributed by atoms with Crippen LogP contribution in [-0.4, -0.2) is 15.9 Å². The number of rotatable bonds is 3. The zero-order valence-corrected chi connectivity index (χ0v) is 7.18. The average Bonchev–Trinajstić information content (AvgIpc) is 1.63. The van der Waals surface area contributed by atoms with Gasteiger partial charge < -0.3 is 5.11 Å². The first-order chi connectivity index (χ1) is 4.04. The predicted molar refractivity (Wildman–Crippen MR) is 39.8 cm³/mol. The van der Waals surface area contributed by atoms with Crippen LogP contribution in [0.5, 0.6) is 0 Å². The van der Waals surface area contributed by atoms with Crippen molar-refractivity contribution in [1.82, 2.24) is 0 Å². The molecule has 0 radical (unpaired) electrons. The van der Waals surface area contributed by atoms with Crippen molar-refractivity contribution < 1.29 is 9.90 Å². The smallest absolute Gasteiger partial charge is 0.317 e. The second kappa shape index (κ2) is 3.88. The molecule has 9 heavy (non-hydrogen) atoms. The van der Waals surface area contributed by atoms with Gasteiger partial charge in [-0.05, 0) is 12.3 Å². The Hall–Kier alpha value is -0.0500. The molecular formula is C6H11BrO2. The van der Waals surface area contributed by atoms with Crippen molar-refractivity contribution in [1.29, 1.82) is 0 Å². The summed E-state index contributed by atoms with van der Waals surface area (Å²) in [5.74, 6) is -0.339. The maximum Gasteiger partial charge on any atom is 0.317 e. The van der Waals surface area contributed by atoms with Crippen molar-refractivity contribution in [2.24, 2.45) is 5.92 Å². The largest absolute Gasteiger partial charge is 0.480 e. The maximum absolute atomic E-state index is 10.2. The third-order valence-corrected chi connectivity index (χ3v) is 1.71. The van der Waals surface area contributed by atoms with Gasteiger partial charge in [-0.1, -0.05) is 29.8 Å². The first-order valence-corrected chi connectivity index (χ1v) is 3.82. The number of aliphatic carboxylic acids is 1. The molecule has 0 aliphatic heterocycles. The molecule has 0 heterocycles. The van der Waals surface area contributed by atoms with Gasteiger partial charge in [0.25, 0.3) is 0 Å². The lowest BCUT2D eigenvalue weighted by atomic mass is 10.1. The zero-order chi connectivity index (χ0) is 7.44. The number of carboxylic acid groups (broad SMARTS) is 1. The van der Waals surface area contributed by atoms with Gasteiger partial charge >= 0.3 is 5.97 Å². The molecule has 0 aromatic carbocycles. The minimum atomic E-state index is -0.774. The molecule has 1 unspecified atom stereocenters. The second-order valence-corrected chi connectivity index (χ2v) is 3.54. The molecule has 3 heteroatoms. The number of halogens is 1. The van der Waals surface area contributed by atoms with E-state index in [1.807, 2.05) is 13.8 Å². The van der Waals surface area contributed by atoms with Crippen LogP contribution in [0.25, 0.3) is 0 Å². The van der Waals surface area contributed by atoms with Gasteiger partial charge in [0.1, 0.15) is 4.83 Å². The van der Waals surface area contributed by atoms with Crippen molar-refractivity contribution in [3.63, 3.8) is 0 Å². The van der Waals surface area contributed by atoms with E-state index < -0.39 is 5.97 Å². The van der Waals surface area contributed by atoms with Crippen molar-refractivity contribution >= 4 is 21.9 Å². The van der Waals surface area contributed by atoms with Crippen molar-refractivity contribution in [2.45, 2.75) is 25.1 Å². The van der Waals surface area contributed by atoms with E-state index in [1.54, 1.807) is 0 Å². The van der Waals surface area contributed by atoms with Crippen LogP contribution in [0.1, 0.15) is 20.3 Å². The van der Waals surface area contributed by atoms with Crippen LogP contribution in [0.15, 0.2) is 0 Å². The third kappa shape index (κ3) is 4.45. The Balaban J connectivity index is 3.50. The molecule has 0 aliphatic rings. The monoisotopic (exact) mass is 194 g/mol. The van der Waals surface area contributed by atoms with Crippen LogP contribution < -0.4 is 0 Å². The first kappa shape index (κ1) is 8.95. The van der Waals surface area contributed by atoms with E-state index in [0.717, 1.165) is 0 Å². The first-order valence-electron chi connectivity index (χ1n) is 2.91. The summed E-state index contributed by atoms with van der Waals surface area (Å²) in [6, 6.07) is 0. The molecule has 0 fully saturated rings. The molecule has 0 aliphatic carbocycles. The van der Waals surface area contributed by atoms with E-state index in [0.29, 0.717) is 12.3 Å². The summed E-state index contributed by atoms with van der Waals surface area (Å²) in [4.78, 5) is 9.81. The molecule has 2 nitrogen and oxygen atoms in total. The van der Waals surface area contributed by atoms with Gasteiger partial charge in [0.2, 0.25) is 0 Å². The van der Waals surface area contributed by atoms with Crippen LogP contribution >= 0.6 is 15.9 Å². The summed E-state index contributed by atoms with van der Waals surface area (Å²) >= 11 is 3.04. The summed E-state index contributed by atoms with van der Waals surface area (Å²) in [6.07, 6.45) is 0.690. The molecule has 0 rings (SSSR count). The van der Waals surface area contributed by atoms with Gasteiger partial charge in [0, 0.05) is 0 Å². The van der Waals surface area contributed by atoms with Gasteiger partial charge in [0.05, 0.1) is 0 Å². The summed E-state index contributed by atoms with van der Waals surface area (Å²) in [7, 11) is 0. The van der Waals surface area contributed by atoms with E-state index in [-0.39, 0.29) is 4.83 Å². The van der Waals surface area contributed by atoms with E-state index in [4.69, 9.17) is 5.11 Å². The lowest BCUT2D eigenvalue weighted by Crippen LogP contribution is -2.14. The Bertz CT molecular complexity index is 101. The molecule has 0 spiro atoms. The van der Waals surface area contributed by atoms with Gasteiger partial charge in [-0.15, -0.1) is 0 Å². The zero-order valence-electron chi connectivity index (χ0n) is 5.60. The van der Waals surface area contributed by atoms with Crippen molar-refractivity contribution in [2.75, 3.05) is 0 Å². The fourth-order valence-corrected chi connectivity index (χ4v) is 1.26. The van der Waals surface area contributed by atoms with Gasteiger partial charge in [-0.25, -0.2) is 0 Å². The molecule has 1 N–H and O–H groups in total. The Morgan fingerprint density at radius 2 is 2.11 bits per heavy atom. The fraction of sp³-hybridized carbons (Fsp3) is 0.833. The highest BCUT2D eigenvalue weighted by Crippen LogP contribution is 2.11. The van der Waals surface area contributed by atoms with E-state index in [2.05, 4.69) is 15.9 Å². The predicted octanol–water partition coefficient (Wildman–Crippen LogP) is 1.88. The van der Waals surface area contributed by atoms with Crippen molar-refractivity contribution in [3.05, 3.63) is 0 Å². The number of alkyl halides is 1. The summed E-state index contributed by atoms with van der Waals surface area (Å²) < 4.78 is 0. The van der Waals surface area contributed by atoms with Crippen LogP contribution in [0.4, 0.5) is 0 Å². The SMILES string of the molecule is CC(C)CC(Br)C(=O)O. The number of hydrogen-bond donors (Lipinski definition) is 1. The maximum atomic E-state index is 10.2. The highest BCUT2D eigenvalue weighted by atomic mass is 79.9. The Morgan fingerprint density at radius 1 is 1.67 bits per heavy atom. The number of carboxylic acids is 1. The van der Waals surface area contributed by atoms with Crippen LogP contribution in [0.2, 0.25) is 0 Å². The molecule has 0 saturated heterocycles. The second-order valence-electron chi connectivity index (χ2n) is 2.44.